The van der Waals surface area contributed by atoms with E-state index in [1.807, 2.05) is 6.92 Å². The van der Waals surface area contributed by atoms with Gasteiger partial charge in [-0.3, -0.25) is 0 Å². The van der Waals surface area contributed by atoms with Gasteiger partial charge in [0.2, 0.25) is 0 Å². The van der Waals surface area contributed by atoms with E-state index in [0.29, 0.717) is 13.2 Å². The SMILES string of the molecule is CCOOCCCCC[Si](OC)(O[Si](C)(C)CCC[Si](OC)(OC)OC)O[Si](C)(C)CCC[Si](OC)(OC)OC. The Morgan fingerprint density at radius 2 is 0.775 bits per heavy atom. The molecule has 0 aromatic carbocycles. The van der Waals surface area contributed by atoms with Gasteiger partial charge in [0, 0.05) is 67.9 Å². The van der Waals surface area contributed by atoms with Gasteiger partial charge in [0.1, 0.15) is 0 Å². The maximum Gasteiger partial charge on any atom is 0.500 e. The van der Waals surface area contributed by atoms with Crippen molar-refractivity contribution in [2.75, 3.05) is 63.0 Å². The molecule has 11 nitrogen and oxygen atoms in total. The molecule has 0 heterocycles. The molecule has 0 bridgehead atoms. The molecule has 0 aliphatic rings. The van der Waals surface area contributed by atoms with E-state index in [9.17, 15) is 0 Å². The summed E-state index contributed by atoms with van der Waals surface area (Å²) in [5, 5.41) is 0. The van der Waals surface area contributed by atoms with Crippen molar-refractivity contribution in [3.63, 3.8) is 0 Å². The van der Waals surface area contributed by atoms with Crippen molar-refractivity contribution in [2.24, 2.45) is 0 Å². The highest BCUT2D eigenvalue weighted by atomic mass is 28.5. The topological polar surface area (TPSA) is 102 Å². The number of hydrogen-bond donors (Lipinski definition) is 0. The summed E-state index contributed by atoms with van der Waals surface area (Å²) < 4.78 is 54.0. The van der Waals surface area contributed by atoms with Gasteiger partial charge in [-0.1, -0.05) is 6.42 Å². The van der Waals surface area contributed by atoms with E-state index in [4.69, 9.17) is 49.0 Å². The van der Waals surface area contributed by atoms with Crippen LogP contribution in [0.1, 0.15) is 39.0 Å². The van der Waals surface area contributed by atoms with E-state index in [1.165, 1.54) is 0 Å². The Labute approximate surface area is 250 Å². The lowest BCUT2D eigenvalue weighted by atomic mass is 10.3. The van der Waals surface area contributed by atoms with Crippen molar-refractivity contribution >= 4 is 43.0 Å². The van der Waals surface area contributed by atoms with Crippen LogP contribution >= 0.6 is 0 Å². The summed E-state index contributed by atoms with van der Waals surface area (Å²) in [6.45, 7) is 12.0. The normalized spacial score (nSPS) is 13.8. The molecule has 0 unspecified atom stereocenters. The minimum Gasteiger partial charge on any atom is -0.416 e. The molecule has 0 aliphatic carbocycles. The molecule has 0 spiro atoms. The molecule has 0 saturated carbocycles. The van der Waals surface area contributed by atoms with Crippen LogP contribution in [0, 0.1) is 0 Å². The Morgan fingerprint density at radius 3 is 1.12 bits per heavy atom. The van der Waals surface area contributed by atoms with Gasteiger partial charge >= 0.3 is 26.4 Å². The predicted octanol–water partition coefficient (Wildman–Crippen LogP) is 5.69. The quantitative estimate of drug-likeness (QED) is 0.0469. The van der Waals surface area contributed by atoms with Crippen LogP contribution in [0.25, 0.3) is 0 Å². The van der Waals surface area contributed by atoms with Gasteiger partial charge < -0.3 is 39.2 Å². The first-order chi connectivity index (χ1) is 18.8. The largest absolute Gasteiger partial charge is 0.500 e. The van der Waals surface area contributed by atoms with Gasteiger partial charge in [-0.25, -0.2) is 9.78 Å². The third-order valence-electron chi connectivity index (χ3n) is 6.98. The van der Waals surface area contributed by atoms with Gasteiger partial charge in [0.15, 0.2) is 16.6 Å². The third-order valence-corrected chi connectivity index (χ3v) is 24.3. The molecule has 16 heteroatoms. The zero-order valence-electron chi connectivity index (χ0n) is 27.5. The molecule has 40 heavy (non-hydrogen) atoms. The molecule has 0 fully saturated rings. The Hall–Kier alpha value is 0.644. The van der Waals surface area contributed by atoms with Gasteiger partial charge in [-0.05, 0) is 70.9 Å². The smallest absolute Gasteiger partial charge is 0.416 e. The Morgan fingerprint density at radius 1 is 0.400 bits per heavy atom. The van der Waals surface area contributed by atoms with Crippen LogP contribution in [0.15, 0.2) is 0 Å². The van der Waals surface area contributed by atoms with Crippen molar-refractivity contribution in [1.29, 1.82) is 0 Å². The monoisotopic (exact) mass is 664 g/mol. The first-order valence-corrected chi connectivity index (χ1v) is 26.3. The fraction of sp³-hybridized carbons (Fsp3) is 1.00. The zero-order chi connectivity index (χ0) is 30.8. The summed E-state index contributed by atoms with van der Waals surface area (Å²) in [4.78, 5) is 10.2. The zero-order valence-corrected chi connectivity index (χ0v) is 32.5. The first-order valence-electron chi connectivity index (χ1n) is 14.3. The predicted molar refractivity (Wildman–Crippen MR) is 168 cm³/mol. The lowest BCUT2D eigenvalue weighted by molar-refractivity contribution is -0.291. The minimum absolute atomic E-state index is 0.548. The number of unbranched alkanes of at least 4 members (excludes halogenated alkanes) is 2. The van der Waals surface area contributed by atoms with Crippen molar-refractivity contribution in [2.45, 2.75) is 95.4 Å². The van der Waals surface area contributed by atoms with Crippen molar-refractivity contribution < 1.29 is 49.0 Å². The highest BCUT2D eigenvalue weighted by molar-refractivity contribution is 6.86. The highest BCUT2D eigenvalue weighted by Crippen LogP contribution is 2.32. The van der Waals surface area contributed by atoms with E-state index in [0.717, 1.165) is 62.3 Å². The molecule has 0 radical (unpaired) electrons. The van der Waals surface area contributed by atoms with E-state index in [-0.39, 0.29) is 0 Å². The maximum atomic E-state index is 7.02. The summed E-state index contributed by atoms with van der Waals surface area (Å²) in [7, 11) is -0.910. The molecular weight excluding hydrogens is 605 g/mol. The van der Waals surface area contributed by atoms with Gasteiger partial charge in [0.05, 0.1) is 13.2 Å². The van der Waals surface area contributed by atoms with Gasteiger partial charge in [-0.2, -0.15) is 0 Å². The lowest BCUT2D eigenvalue weighted by Gasteiger charge is -2.41. The second-order valence-corrected chi connectivity index (χ2v) is 29.1. The van der Waals surface area contributed by atoms with E-state index >= 15 is 0 Å². The van der Waals surface area contributed by atoms with Crippen LogP contribution in [-0.4, -0.2) is 106 Å². The number of hydrogen-bond acceptors (Lipinski definition) is 11. The van der Waals surface area contributed by atoms with Crippen LogP contribution in [-0.2, 0) is 49.0 Å². The minimum atomic E-state index is -2.97. The van der Waals surface area contributed by atoms with Gasteiger partial charge in [0.25, 0.3) is 0 Å². The second kappa shape index (κ2) is 20.6. The second-order valence-electron chi connectivity index (χ2n) is 10.9. The fourth-order valence-electron chi connectivity index (χ4n) is 4.65. The molecule has 0 aromatic rings. The average Bonchev–Trinajstić information content (AvgIpc) is 2.93. The molecule has 0 atom stereocenters. The van der Waals surface area contributed by atoms with E-state index in [2.05, 4.69) is 26.2 Å². The van der Waals surface area contributed by atoms with Crippen molar-refractivity contribution in [1.82, 2.24) is 0 Å². The summed E-state index contributed by atoms with van der Waals surface area (Å²) in [6, 6.07) is 4.09. The van der Waals surface area contributed by atoms with E-state index in [1.54, 1.807) is 49.8 Å². The van der Waals surface area contributed by atoms with Gasteiger partial charge in [-0.15, -0.1) is 0 Å². The maximum absolute atomic E-state index is 7.02. The molecular formula is C24H60O11Si5. The van der Waals surface area contributed by atoms with E-state index < -0.39 is 43.0 Å². The number of rotatable bonds is 27. The van der Waals surface area contributed by atoms with Crippen LogP contribution in [0.3, 0.4) is 0 Å². The van der Waals surface area contributed by atoms with Crippen LogP contribution in [0.4, 0.5) is 0 Å². The standard InChI is InChI=1S/C24H60O11Si5/c1-13-32-33-19-15-14-16-22-40(31-8,34-36(9,10)20-17-23-38(25-2,26-3)27-4)35-37(11,12)21-18-24-39(28-5,29-6)30-7/h13-24H2,1-12H3. The lowest BCUT2D eigenvalue weighted by Crippen LogP contribution is -2.57. The molecule has 0 N–H and O–H groups in total. The van der Waals surface area contributed by atoms with Crippen molar-refractivity contribution in [3.8, 4) is 0 Å². The summed E-state index contributed by atoms with van der Waals surface area (Å²) in [5.74, 6) is 0. The average molecular weight is 665 g/mol. The molecule has 0 amide bonds. The van der Waals surface area contributed by atoms with Crippen LogP contribution in [0.2, 0.25) is 56.4 Å². The van der Waals surface area contributed by atoms with Crippen LogP contribution in [0.5, 0.6) is 0 Å². The highest BCUT2D eigenvalue weighted by Gasteiger charge is 2.49. The molecule has 0 aliphatic heterocycles. The van der Waals surface area contributed by atoms with Crippen molar-refractivity contribution in [3.05, 3.63) is 0 Å². The Bertz CT molecular complexity index is 582. The Balaban J connectivity index is 5.52. The molecule has 242 valence electrons. The van der Waals surface area contributed by atoms with Crippen LogP contribution < -0.4 is 0 Å². The first kappa shape index (κ1) is 40.6. The summed E-state index contributed by atoms with van der Waals surface area (Å²) in [6.07, 6.45) is 4.61. The fourth-order valence-corrected chi connectivity index (χ4v) is 21.3. The third kappa shape index (κ3) is 15.4. The summed E-state index contributed by atoms with van der Waals surface area (Å²) >= 11 is 0. The molecule has 0 aromatic heterocycles. The summed E-state index contributed by atoms with van der Waals surface area (Å²) in [5.41, 5.74) is 0. The molecule has 0 saturated heterocycles. The Kier molecular flexibility index (Phi) is 20.9. The molecule has 0 rings (SSSR count).